The van der Waals surface area contributed by atoms with Crippen molar-refractivity contribution in [3.63, 3.8) is 0 Å². The number of carbonyl (C=O) groups is 1. The molecule has 14 heavy (non-hydrogen) atoms. The van der Waals surface area contributed by atoms with Crippen molar-refractivity contribution in [2.45, 2.75) is 25.8 Å². The molecule has 4 nitrogen and oxygen atoms in total. The van der Waals surface area contributed by atoms with Gasteiger partial charge < -0.3 is 15.0 Å². The number of methoxy groups -OCH3 is 1. The average molecular weight is 200 g/mol. The van der Waals surface area contributed by atoms with Gasteiger partial charge in [-0.25, -0.2) is 0 Å². The highest BCUT2D eigenvalue weighted by molar-refractivity contribution is 5.81. The Morgan fingerprint density at radius 1 is 1.50 bits per heavy atom. The smallest absolute Gasteiger partial charge is 0.239 e. The van der Waals surface area contributed by atoms with Crippen molar-refractivity contribution < 1.29 is 9.53 Å². The summed E-state index contributed by atoms with van der Waals surface area (Å²) in [5, 5.41) is 3.14. The fourth-order valence-corrected chi connectivity index (χ4v) is 1.68. The van der Waals surface area contributed by atoms with E-state index in [1.54, 1.807) is 7.11 Å². The van der Waals surface area contributed by atoms with Crippen LogP contribution in [0, 0.1) is 0 Å². The van der Waals surface area contributed by atoms with Gasteiger partial charge in [0.1, 0.15) is 0 Å². The molecule has 0 aromatic rings. The zero-order valence-corrected chi connectivity index (χ0v) is 9.08. The molecule has 1 N–H and O–H groups in total. The first-order chi connectivity index (χ1) is 6.75. The largest absolute Gasteiger partial charge is 0.383 e. The molecule has 0 radical (unpaired) electrons. The lowest BCUT2D eigenvalue weighted by Gasteiger charge is -2.20. The van der Waals surface area contributed by atoms with E-state index in [-0.39, 0.29) is 11.9 Å². The Kier molecular flexibility index (Phi) is 4.90. The van der Waals surface area contributed by atoms with Crippen molar-refractivity contribution in [3.05, 3.63) is 0 Å². The number of rotatable bonds is 5. The van der Waals surface area contributed by atoms with Crippen LogP contribution in [0.3, 0.4) is 0 Å². The monoisotopic (exact) mass is 200 g/mol. The molecule has 1 unspecified atom stereocenters. The summed E-state index contributed by atoms with van der Waals surface area (Å²) in [5.74, 6) is 0.221. The van der Waals surface area contributed by atoms with Gasteiger partial charge in [0, 0.05) is 26.7 Å². The summed E-state index contributed by atoms with van der Waals surface area (Å²) in [6, 6.07) is -0.0803. The molecule has 1 fully saturated rings. The van der Waals surface area contributed by atoms with Crippen LogP contribution in [-0.4, -0.2) is 50.2 Å². The molecule has 0 aromatic carbocycles. The van der Waals surface area contributed by atoms with Crippen LogP contribution in [0.5, 0.6) is 0 Å². The summed E-state index contributed by atoms with van der Waals surface area (Å²) in [5.41, 5.74) is 0. The molecular weight excluding hydrogens is 180 g/mol. The maximum atomic E-state index is 11.8. The predicted molar refractivity (Wildman–Crippen MR) is 55.2 cm³/mol. The summed E-state index contributed by atoms with van der Waals surface area (Å²) in [7, 11) is 1.66. The first kappa shape index (κ1) is 11.5. The van der Waals surface area contributed by atoms with E-state index in [1.807, 2.05) is 11.8 Å². The first-order valence-corrected chi connectivity index (χ1v) is 5.27. The highest BCUT2D eigenvalue weighted by atomic mass is 16.5. The van der Waals surface area contributed by atoms with E-state index in [0.717, 1.165) is 32.5 Å². The summed E-state index contributed by atoms with van der Waals surface area (Å²) >= 11 is 0. The Bertz CT molecular complexity index is 179. The Morgan fingerprint density at radius 3 is 2.71 bits per heavy atom. The molecule has 1 heterocycles. The van der Waals surface area contributed by atoms with E-state index < -0.39 is 0 Å². The van der Waals surface area contributed by atoms with E-state index in [1.165, 1.54) is 0 Å². The highest BCUT2D eigenvalue weighted by Gasteiger charge is 2.22. The molecule has 1 aliphatic heterocycles. The number of ether oxygens (including phenoxy) is 1. The van der Waals surface area contributed by atoms with Crippen LogP contribution in [0.2, 0.25) is 0 Å². The molecule has 0 bridgehead atoms. The van der Waals surface area contributed by atoms with Gasteiger partial charge in [0.2, 0.25) is 5.91 Å². The lowest BCUT2D eigenvalue weighted by atomic mass is 10.3. The van der Waals surface area contributed by atoms with Gasteiger partial charge in [-0.05, 0) is 19.8 Å². The van der Waals surface area contributed by atoms with Crippen molar-refractivity contribution in [3.8, 4) is 0 Å². The zero-order valence-electron chi connectivity index (χ0n) is 9.08. The lowest BCUT2D eigenvalue weighted by molar-refractivity contribution is -0.131. The van der Waals surface area contributed by atoms with Crippen molar-refractivity contribution in [1.82, 2.24) is 10.2 Å². The van der Waals surface area contributed by atoms with Crippen LogP contribution in [0.4, 0.5) is 0 Å². The summed E-state index contributed by atoms with van der Waals surface area (Å²) in [4.78, 5) is 13.7. The SMILES string of the molecule is COCCNC(C)C(=O)N1CCCC1. The number of hydrogen-bond donors (Lipinski definition) is 1. The molecule has 1 saturated heterocycles. The fourth-order valence-electron chi connectivity index (χ4n) is 1.68. The first-order valence-electron chi connectivity index (χ1n) is 5.27. The van der Waals surface area contributed by atoms with Crippen LogP contribution < -0.4 is 5.32 Å². The van der Waals surface area contributed by atoms with E-state index in [2.05, 4.69) is 5.32 Å². The summed E-state index contributed by atoms with van der Waals surface area (Å²) < 4.78 is 4.91. The zero-order chi connectivity index (χ0) is 10.4. The minimum atomic E-state index is -0.0803. The second-order valence-electron chi connectivity index (χ2n) is 3.70. The molecule has 0 aliphatic carbocycles. The van der Waals surface area contributed by atoms with E-state index in [4.69, 9.17) is 4.74 Å². The molecule has 4 heteroatoms. The van der Waals surface area contributed by atoms with Crippen molar-refractivity contribution >= 4 is 5.91 Å². The van der Waals surface area contributed by atoms with Gasteiger partial charge in [-0.15, -0.1) is 0 Å². The van der Waals surface area contributed by atoms with Gasteiger partial charge in [-0.3, -0.25) is 4.79 Å². The standard InChI is InChI=1S/C10H20N2O2/c1-9(11-5-8-14-2)10(13)12-6-3-4-7-12/h9,11H,3-8H2,1-2H3. The molecule has 1 amide bonds. The average Bonchev–Trinajstić information content (AvgIpc) is 2.69. The summed E-state index contributed by atoms with van der Waals surface area (Å²) in [6.07, 6.45) is 2.30. The van der Waals surface area contributed by atoms with Crippen LogP contribution in [0.25, 0.3) is 0 Å². The Balaban J connectivity index is 2.21. The minimum absolute atomic E-state index is 0.0803. The van der Waals surface area contributed by atoms with E-state index in [0.29, 0.717) is 6.61 Å². The van der Waals surface area contributed by atoms with E-state index in [9.17, 15) is 4.79 Å². The second kappa shape index (κ2) is 5.98. The molecule has 1 aliphatic rings. The van der Waals surface area contributed by atoms with Gasteiger partial charge in [0.15, 0.2) is 0 Å². The predicted octanol–water partition coefficient (Wildman–Crippen LogP) is 0.233. The number of carbonyl (C=O) groups excluding carboxylic acids is 1. The molecule has 0 aromatic heterocycles. The Labute approximate surface area is 85.6 Å². The topological polar surface area (TPSA) is 41.6 Å². The van der Waals surface area contributed by atoms with Crippen LogP contribution in [-0.2, 0) is 9.53 Å². The minimum Gasteiger partial charge on any atom is -0.383 e. The number of likely N-dealkylation sites (tertiary alicyclic amines) is 1. The molecule has 1 rings (SSSR count). The van der Waals surface area contributed by atoms with Gasteiger partial charge in [0.05, 0.1) is 12.6 Å². The van der Waals surface area contributed by atoms with Crippen molar-refractivity contribution in [1.29, 1.82) is 0 Å². The number of hydrogen-bond acceptors (Lipinski definition) is 3. The number of nitrogens with zero attached hydrogens (tertiary/aromatic N) is 1. The quantitative estimate of drug-likeness (QED) is 0.646. The van der Waals surface area contributed by atoms with Crippen molar-refractivity contribution in [2.75, 3.05) is 33.4 Å². The number of amides is 1. The third-order valence-electron chi connectivity index (χ3n) is 2.54. The van der Waals surface area contributed by atoms with Crippen LogP contribution >= 0.6 is 0 Å². The fraction of sp³-hybridized carbons (Fsp3) is 0.900. The number of nitrogens with one attached hydrogen (secondary N) is 1. The second-order valence-corrected chi connectivity index (χ2v) is 3.70. The molecule has 0 spiro atoms. The maximum Gasteiger partial charge on any atom is 0.239 e. The van der Waals surface area contributed by atoms with Crippen molar-refractivity contribution in [2.24, 2.45) is 0 Å². The Morgan fingerprint density at radius 2 is 2.14 bits per heavy atom. The van der Waals surface area contributed by atoms with Gasteiger partial charge in [-0.2, -0.15) is 0 Å². The maximum absolute atomic E-state index is 11.8. The lowest BCUT2D eigenvalue weighted by Crippen LogP contribution is -2.44. The molecule has 1 atom stereocenters. The molecule has 82 valence electrons. The highest BCUT2D eigenvalue weighted by Crippen LogP contribution is 2.08. The molecule has 0 saturated carbocycles. The van der Waals surface area contributed by atoms with E-state index >= 15 is 0 Å². The molecular formula is C10H20N2O2. The van der Waals surface area contributed by atoms with Gasteiger partial charge in [-0.1, -0.05) is 0 Å². The van der Waals surface area contributed by atoms with Crippen LogP contribution in [0.1, 0.15) is 19.8 Å². The third-order valence-corrected chi connectivity index (χ3v) is 2.54. The van der Waals surface area contributed by atoms with Gasteiger partial charge in [0.25, 0.3) is 0 Å². The normalized spacial score (nSPS) is 18.6. The van der Waals surface area contributed by atoms with Crippen LogP contribution in [0.15, 0.2) is 0 Å². The Hall–Kier alpha value is -0.610. The summed E-state index contributed by atoms with van der Waals surface area (Å²) in [6.45, 7) is 5.15. The third kappa shape index (κ3) is 3.27. The van der Waals surface area contributed by atoms with Gasteiger partial charge >= 0.3 is 0 Å².